The summed E-state index contributed by atoms with van der Waals surface area (Å²) in [5, 5.41) is 0. The fourth-order valence-electron chi connectivity index (χ4n) is 1.24. The van der Waals surface area contributed by atoms with E-state index in [9.17, 15) is 8.42 Å². The Labute approximate surface area is 137 Å². The summed E-state index contributed by atoms with van der Waals surface area (Å²) in [5.74, 6) is -0.259. The van der Waals surface area contributed by atoms with Gasteiger partial charge in [-0.1, -0.05) is 52.5 Å². The molecular formula is C10H10Cl5NO2S. The van der Waals surface area contributed by atoms with Gasteiger partial charge in [-0.2, -0.15) is 0 Å². The van der Waals surface area contributed by atoms with Gasteiger partial charge in [0.05, 0.1) is 4.90 Å². The van der Waals surface area contributed by atoms with Gasteiger partial charge >= 0.3 is 0 Å². The molecule has 0 fully saturated rings. The number of alkyl halides is 4. The first-order valence-corrected chi connectivity index (χ1v) is 8.45. The predicted octanol–water partition coefficient (Wildman–Crippen LogP) is 4.12. The lowest BCUT2D eigenvalue weighted by Crippen LogP contribution is -2.43. The Balaban J connectivity index is 3.16. The quantitative estimate of drug-likeness (QED) is 0.578. The largest absolute Gasteiger partial charge is 0.256 e. The van der Waals surface area contributed by atoms with Gasteiger partial charge in [0, 0.05) is 5.88 Å². The van der Waals surface area contributed by atoms with Crippen molar-refractivity contribution in [2.45, 2.75) is 21.7 Å². The Hall–Kier alpha value is 0.580. The first-order valence-electron chi connectivity index (χ1n) is 5.00. The molecule has 3 nitrogen and oxygen atoms in total. The van der Waals surface area contributed by atoms with E-state index in [-0.39, 0.29) is 10.8 Å². The maximum atomic E-state index is 12.2. The molecule has 0 aromatic heterocycles. The van der Waals surface area contributed by atoms with Gasteiger partial charge in [-0.15, -0.1) is 15.4 Å². The van der Waals surface area contributed by atoms with Crippen LogP contribution < -0.4 is 0 Å². The molecule has 1 rings (SSSR count). The number of hydrogen-bond acceptors (Lipinski definition) is 2. The fourth-order valence-corrected chi connectivity index (χ4v) is 4.55. The van der Waals surface area contributed by atoms with E-state index in [2.05, 4.69) is 0 Å². The van der Waals surface area contributed by atoms with Crippen LogP contribution in [0.1, 0.15) is 5.56 Å². The number of halogens is 5. The predicted molar refractivity (Wildman–Crippen MR) is 80.9 cm³/mol. The van der Waals surface area contributed by atoms with Crippen LogP contribution in [0.2, 0.25) is 0 Å². The SMILES string of the molecule is Cc1ccc(S(=O)(=O)N(Cl)C(CCl)C(Cl)(Cl)Cl)cc1. The standard InChI is InChI=1S/C10H10Cl5NO2S/c1-7-2-4-8(5-3-7)19(17,18)16(15)9(6-11)10(12,13)14/h2-5,9H,6H2,1H3. The number of aryl methyl sites for hydroxylation is 1. The molecule has 0 aliphatic carbocycles. The van der Waals surface area contributed by atoms with Crippen LogP contribution in [0, 0.1) is 6.92 Å². The Morgan fingerprint density at radius 3 is 2.05 bits per heavy atom. The molecule has 19 heavy (non-hydrogen) atoms. The summed E-state index contributed by atoms with van der Waals surface area (Å²) >= 11 is 28.4. The molecule has 0 heterocycles. The second-order valence-electron chi connectivity index (χ2n) is 3.77. The molecule has 0 aliphatic rings. The first-order chi connectivity index (χ1) is 8.60. The fraction of sp³-hybridized carbons (Fsp3) is 0.400. The molecule has 0 saturated heterocycles. The van der Waals surface area contributed by atoms with E-state index in [1.807, 2.05) is 6.92 Å². The van der Waals surface area contributed by atoms with Crippen molar-refractivity contribution in [1.82, 2.24) is 3.82 Å². The highest BCUT2D eigenvalue weighted by atomic mass is 35.6. The van der Waals surface area contributed by atoms with Crippen molar-refractivity contribution in [2.75, 3.05) is 5.88 Å². The van der Waals surface area contributed by atoms with Crippen molar-refractivity contribution < 1.29 is 8.42 Å². The average Bonchev–Trinajstić information content (AvgIpc) is 2.28. The van der Waals surface area contributed by atoms with E-state index in [1.54, 1.807) is 12.1 Å². The number of hydrogen-bond donors (Lipinski definition) is 0. The van der Waals surface area contributed by atoms with E-state index in [1.165, 1.54) is 12.1 Å². The molecule has 1 aromatic carbocycles. The molecule has 1 aromatic rings. The van der Waals surface area contributed by atoms with Crippen molar-refractivity contribution in [2.24, 2.45) is 0 Å². The summed E-state index contributed by atoms with van der Waals surface area (Å²) in [4.78, 5) is -0.00235. The van der Waals surface area contributed by atoms with E-state index < -0.39 is 19.9 Å². The van der Waals surface area contributed by atoms with Gasteiger partial charge in [-0.3, -0.25) is 0 Å². The summed E-state index contributed by atoms with van der Waals surface area (Å²) < 4.78 is 23.0. The topological polar surface area (TPSA) is 37.4 Å². The Kier molecular flexibility index (Phi) is 6.09. The minimum atomic E-state index is -3.99. The summed E-state index contributed by atoms with van der Waals surface area (Å²) in [5.41, 5.74) is 0.912. The lowest BCUT2D eigenvalue weighted by Gasteiger charge is -2.28. The normalized spacial score (nSPS) is 14.7. The van der Waals surface area contributed by atoms with Gasteiger partial charge in [0.2, 0.25) is 3.79 Å². The van der Waals surface area contributed by atoms with Crippen molar-refractivity contribution in [3.8, 4) is 0 Å². The zero-order chi connectivity index (χ0) is 14.8. The minimum Gasteiger partial charge on any atom is -0.206 e. The van der Waals surface area contributed by atoms with Crippen LogP contribution in [0.5, 0.6) is 0 Å². The van der Waals surface area contributed by atoms with Crippen LogP contribution in [0.3, 0.4) is 0 Å². The van der Waals surface area contributed by atoms with Crippen molar-refractivity contribution in [1.29, 1.82) is 0 Å². The zero-order valence-corrected chi connectivity index (χ0v) is 14.3. The molecule has 0 spiro atoms. The van der Waals surface area contributed by atoms with Gasteiger partial charge in [0.1, 0.15) is 6.04 Å². The molecular weight excluding hydrogens is 375 g/mol. The second kappa shape index (κ2) is 6.56. The van der Waals surface area contributed by atoms with E-state index in [0.29, 0.717) is 3.82 Å². The third kappa shape index (κ3) is 4.27. The maximum absolute atomic E-state index is 12.2. The maximum Gasteiger partial charge on any atom is 0.256 e. The number of benzene rings is 1. The molecule has 9 heteroatoms. The summed E-state index contributed by atoms with van der Waals surface area (Å²) in [6, 6.07) is 4.94. The van der Waals surface area contributed by atoms with E-state index in [0.717, 1.165) is 5.56 Å². The molecule has 0 bridgehead atoms. The van der Waals surface area contributed by atoms with Crippen LogP contribution in [-0.2, 0) is 10.0 Å². The van der Waals surface area contributed by atoms with Crippen LogP contribution in [0.15, 0.2) is 29.2 Å². The molecule has 1 unspecified atom stereocenters. The lowest BCUT2D eigenvalue weighted by molar-refractivity contribution is 0.477. The van der Waals surface area contributed by atoms with Crippen LogP contribution in [-0.4, -0.2) is 28.0 Å². The van der Waals surface area contributed by atoms with Gasteiger partial charge in [-0.25, -0.2) is 8.42 Å². The van der Waals surface area contributed by atoms with Gasteiger partial charge in [0.15, 0.2) is 0 Å². The Morgan fingerprint density at radius 1 is 1.21 bits per heavy atom. The van der Waals surface area contributed by atoms with Gasteiger partial charge in [0.25, 0.3) is 10.0 Å². The number of nitrogens with zero attached hydrogens (tertiary/aromatic N) is 1. The van der Waals surface area contributed by atoms with E-state index >= 15 is 0 Å². The lowest BCUT2D eigenvalue weighted by atomic mass is 10.2. The Bertz CT molecular complexity index is 526. The van der Waals surface area contributed by atoms with Crippen LogP contribution in [0.4, 0.5) is 0 Å². The molecule has 0 aliphatic heterocycles. The first kappa shape index (κ1) is 17.6. The summed E-state index contributed by atoms with van der Waals surface area (Å²) in [6.45, 7) is 1.83. The zero-order valence-electron chi connectivity index (χ0n) is 9.66. The molecule has 0 N–H and O–H groups in total. The van der Waals surface area contributed by atoms with Crippen molar-refractivity contribution in [3.63, 3.8) is 0 Å². The van der Waals surface area contributed by atoms with Gasteiger partial charge < -0.3 is 0 Å². The molecule has 0 amide bonds. The second-order valence-corrected chi connectivity index (χ2v) is 8.83. The third-order valence-corrected chi connectivity index (χ3v) is 5.73. The number of sulfonamides is 1. The van der Waals surface area contributed by atoms with Crippen LogP contribution >= 0.6 is 58.2 Å². The van der Waals surface area contributed by atoms with Gasteiger partial charge in [-0.05, 0) is 30.8 Å². The average molecular weight is 386 g/mol. The van der Waals surface area contributed by atoms with Crippen molar-refractivity contribution in [3.05, 3.63) is 29.8 Å². The smallest absolute Gasteiger partial charge is 0.206 e. The third-order valence-electron chi connectivity index (χ3n) is 2.32. The monoisotopic (exact) mass is 383 g/mol. The van der Waals surface area contributed by atoms with Crippen LogP contribution in [0.25, 0.3) is 0 Å². The summed E-state index contributed by atoms with van der Waals surface area (Å²) in [6.07, 6.45) is 0. The number of rotatable bonds is 4. The molecule has 0 radical (unpaired) electrons. The molecule has 1 atom stereocenters. The van der Waals surface area contributed by atoms with Crippen molar-refractivity contribution >= 4 is 68.2 Å². The molecule has 0 saturated carbocycles. The highest BCUT2D eigenvalue weighted by Gasteiger charge is 2.42. The van der Waals surface area contributed by atoms with E-state index in [4.69, 9.17) is 58.2 Å². The summed E-state index contributed by atoms with van der Waals surface area (Å²) in [7, 11) is -3.99. The minimum absolute atomic E-state index is 0.00235. The molecule has 108 valence electrons. The highest BCUT2D eigenvalue weighted by Crippen LogP contribution is 2.37. The highest BCUT2D eigenvalue weighted by molar-refractivity contribution is 7.90. The Morgan fingerprint density at radius 2 is 1.68 bits per heavy atom.